The summed E-state index contributed by atoms with van der Waals surface area (Å²) in [6.45, 7) is 3.77. The number of aryl methyl sites for hydroxylation is 1. The van der Waals surface area contributed by atoms with Gasteiger partial charge < -0.3 is 15.8 Å². The van der Waals surface area contributed by atoms with Gasteiger partial charge in [0.2, 0.25) is 0 Å². The lowest BCUT2D eigenvalue weighted by atomic mass is 9.89. The second-order valence-corrected chi connectivity index (χ2v) is 4.99. The molecule has 2 atom stereocenters. The van der Waals surface area contributed by atoms with Crippen LogP contribution in [0, 0.1) is 5.92 Å². The second kappa shape index (κ2) is 6.21. The first kappa shape index (κ1) is 13.4. The molecule has 0 bridgehead atoms. The first-order valence-electron chi connectivity index (χ1n) is 6.93. The van der Waals surface area contributed by atoms with E-state index >= 15 is 0 Å². The van der Waals surface area contributed by atoms with Crippen molar-refractivity contribution in [2.45, 2.75) is 32.2 Å². The van der Waals surface area contributed by atoms with Crippen LogP contribution < -0.4 is 15.8 Å². The Morgan fingerprint density at radius 3 is 2.94 bits per heavy atom. The van der Waals surface area contributed by atoms with Crippen LogP contribution >= 0.6 is 0 Å². The van der Waals surface area contributed by atoms with Crippen molar-refractivity contribution in [2.75, 3.05) is 20.2 Å². The van der Waals surface area contributed by atoms with Gasteiger partial charge in [0.1, 0.15) is 5.75 Å². The average molecular weight is 248 g/mol. The highest BCUT2D eigenvalue weighted by molar-refractivity contribution is 5.39. The number of hydrogen-bond acceptors (Lipinski definition) is 3. The molecule has 0 spiro atoms. The van der Waals surface area contributed by atoms with Gasteiger partial charge in [-0.25, -0.2) is 0 Å². The first-order chi connectivity index (χ1) is 8.80. The predicted octanol–water partition coefficient (Wildman–Crippen LogP) is 2.26. The van der Waals surface area contributed by atoms with Crippen LogP contribution in [-0.4, -0.2) is 20.2 Å². The molecular weight excluding hydrogens is 224 g/mol. The number of ether oxygens (including phenoxy) is 1. The van der Waals surface area contributed by atoms with Crippen LogP contribution in [0.25, 0.3) is 0 Å². The molecule has 0 aliphatic carbocycles. The van der Waals surface area contributed by atoms with Gasteiger partial charge in [-0.15, -0.1) is 0 Å². The van der Waals surface area contributed by atoms with Gasteiger partial charge in [0.05, 0.1) is 6.61 Å². The van der Waals surface area contributed by atoms with E-state index < -0.39 is 0 Å². The molecule has 3 N–H and O–H groups in total. The molecule has 3 heteroatoms. The monoisotopic (exact) mass is 248 g/mol. The molecule has 1 aromatic rings. The molecule has 100 valence electrons. The highest BCUT2D eigenvalue weighted by Gasteiger charge is 2.20. The highest BCUT2D eigenvalue weighted by atomic mass is 16.5. The van der Waals surface area contributed by atoms with Gasteiger partial charge >= 0.3 is 0 Å². The van der Waals surface area contributed by atoms with Crippen molar-refractivity contribution >= 4 is 0 Å². The topological polar surface area (TPSA) is 47.3 Å². The first-order valence-corrected chi connectivity index (χ1v) is 6.93. The molecule has 18 heavy (non-hydrogen) atoms. The van der Waals surface area contributed by atoms with Crippen molar-refractivity contribution < 1.29 is 4.74 Å². The highest BCUT2D eigenvalue weighted by Crippen LogP contribution is 2.30. The minimum atomic E-state index is 0.340. The van der Waals surface area contributed by atoms with Crippen molar-refractivity contribution in [1.29, 1.82) is 0 Å². The number of hydrogen-bond donors (Lipinski definition) is 2. The molecule has 3 nitrogen and oxygen atoms in total. The van der Waals surface area contributed by atoms with E-state index in [1.54, 1.807) is 0 Å². The molecule has 0 saturated carbocycles. The standard InChI is InChI=1S/C15H24N2O/c1-3-11(10-16)15(17-2)13-6-7-14-12(9-13)5-4-8-18-14/h6-7,9,11,15,17H,3-5,8,10,16H2,1-2H3. The lowest BCUT2D eigenvalue weighted by molar-refractivity contribution is 0.287. The number of nitrogens with one attached hydrogen (secondary N) is 1. The maximum absolute atomic E-state index is 5.87. The molecule has 1 aromatic carbocycles. The molecule has 0 radical (unpaired) electrons. The van der Waals surface area contributed by atoms with Crippen LogP contribution in [-0.2, 0) is 6.42 Å². The summed E-state index contributed by atoms with van der Waals surface area (Å²) in [5, 5.41) is 3.41. The molecule has 0 aromatic heterocycles. The lowest BCUT2D eigenvalue weighted by Crippen LogP contribution is -2.30. The second-order valence-electron chi connectivity index (χ2n) is 4.99. The number of nitrogens with two attached hydrogens (primary N) is 1. The van der Waals surface area contributed by atoms with Crippen molar-refractivity contribution in [3.63, 3.8) is 0 Å². The van der Waals surface area contributed by atoms with Gasteiger partial charge in [-0.05, 0) is 49.5 Å². The van der Waals surface area contributed by atoms with Gasteiger partial charge in [0, 0.05) is 6.04 Å². The zero-order valence-corrected chi connectivity index (χ0v) is 11.4. The fourth-order valence-electron chi connectivity index (χ4n) is 2.79. The summed E-state index contributed by atoms with van der Waals surface area (Å²) < 4.78 is 5.66. The largest absolute Gasteiger partial charge is 0.493 e. The minimum absolute atomic E-state index is 0.340. The third-order valence-corrected chi connectivity index (χ3v) is 3.90. The maximum atomic E-state index is 5.87. The van der Waals surface area contributed by atoms with Crippen LogP contribution in [0.5, 0.6) is 5.75 Å². The van der Waals surface area contributed by atoms with E-state index in [-0.39, 0.29) is 0 Å². The third kappa shape index (κ3) is 2.68. The Hall–Kier alpha value is -1.06. The van der Waals surface area contributed by atoms with Crippen LogP contribution in [0.2, 0.25) is 0 Å². The van der Waals surface area contributed by atoms with Crippen molar-refractivity contribution in [3.8, 4) is 5.75 Å². The Balaban J connectivity index is 2.25. The van der Waals surface area contributed by atoms with Gasteiger partial charge in [-0.2, -0.15) is 0 Å². The summed E-state index contributed by atoms with van der Waals surface area (Å²) in [5.41, 5.74) is 8.54. The lowest BCUT2D eigenvalue weighted by Gasteiger charge is -2.27. The molecule has 0 fully saturated rings. The van der Waals surface area contributed by atoms with Gasteiger partial charge in [-0.1, -0.05) is 25.5 Å². The van der Waals surface area contributed by atoms with Crippen LogP contribution in [0.1, 0.15) is 36.9 Å². The molecule has 2 unspecified atom stereocenters. The number of fused-ring (bicyclic) bond motifs is 1. The normalized spacial score (nSPS) is 17.7. The van der Waals surface area contributed by atoms with Gasteiger partial charge in [0.25, 0.3) is 0 Å². The molecular formula is C15H24N2O. The van der Waals surface area contributed by atoms with E-state index in [9.17, 15) is 0 Å². The Bertz CT molecular complexity index is 388. The Morgan fingerprint density at radius 1 is 1.44 bits per heavy atom. The Labute approximate surface area is 110 Å². The van der Waals surface area contributed by atoms with Crippen LogP contribution in [0.3, 0.4) is 0 Å². The van der Waals surface area contributed by atoms with Crippen molar-refractivity contribution in [1.82, 2.24) is 5.32 Å². The third-order valence-electron chi connectivity index (χ3n) is 3.90. The molecule has 1 aliphatic rings. The Morgan fingerprint density at radius 2 is 2.28 bits per heavy atom. The number of rotatable bonds is 5. The average Bonchev–Trinajstić information content (AvgIpc) is 2.44. The quantitative estimate of drug-likeness (QED) is 0.840. The summed E-state index contributed by atoms with van der Waals surface area (Å²) in [4.78, 5) is 0. The maximum Gasteiger partial charge on any atom is 0.122 e. The summed E-state index contributed by atoms with van der Waals surface area (Å²) in [6.07, 6.45) is 3.34. The van der Waals surface area contributed by atoms with Gasteiger partial charge in [0.15, 0.2) is 0 Å². The van der Waals surface area contributed by atoms with Crippen LogP contribution in [0.4, 0.5) is 0 Å². The van der Waals surface area contributed by atoms with Crippen molar-refractivity contribution in [2.24, 2.45) is 11.7 Å². The zero-order valence-electron chi connectivity index (χ0n) is 11.4. The molecule has 0 amide bonds. The van der Waals surface area contributed by atoms with E-state index in [4.69, 9.17) is 10.5 Å². The SMILES string of the molecule is CCC(CN)C(NC)c1ccc2c(c1)CCCO2. The van der Waals surface area contributed by atoms with Gasteiger partial charge in [-0.3, -0.25) is 0 Å². The summed E-state index contributed by atoms with van der Waals surface area (Å²) in [6, 6.07) is 6.90. The summed E-state index contributed by atoms with van der Waals surface area (Å²) in [5.74, 6) is 1.54. The molecule has 1 heterocycles. The number of benzene rings is 1. The van der Waals surface area contributed by atoms with E-state index in [1.165, 1.54) is 11.1 Å². The fraction of sp³-hybridized carbons (Fsp3) is 0.600. The molecule has 2 rings (SSSR count). The Kier molecular flexibility index (Phi) is 4.61. The van der Waals surface area contributed by atoms with E-state index in [0.29, 0.717) is 12.0 Å². The summed E-state index contributed by atoms with van der Waals surface area (Å²) >= 11 is 0. The molecule has 1 aliphatic heterocycles. The van der Waals surface area contributed by atoms with Crippen molar-refractivity contribution in [3.05, 3.63) is 29.3 Å². The van der Waals surface area contributed by atoms with E-state index in [1.807, 2.05) is 7.05 Å². The molecule has 0 saturated heterocycles. The predicted molar refractivity (Wildman–Crippen MR) is 74.9 cm³/mol. The summed E-state index contributed by atoms with van der Waals surface area (Å²) in [7, 11) is 2.01. The fourth-order valence-corrected chi connectivity index (χ4v) is 2.79. The smallest absolute Gasteiger partial charge is 0.122 e. The van der Waals surface area contributed by atoms with E-state index in [0.717, 1.165) is 38.2 Å². The van der Waals surface area contributed by atoms with Crippen LogP contribution in [0.15, 0.2) is 18.2 Å². The zero-order chi connectivity index (χ0) is 13.0. The minimum Gasteiger partial charge on any atom is -0.493 e. The van der Waals surface area contributed by atoms with E-state index in [2.05, 4.69) is 30.4 Å².